The maximum Gasteiger partial charge on any atom is 0.343 e. The second kappa shape index (κ2) is 5.98. The molecular formula is C11H8Cl2N4O4. The molecule has 110 valence electrons. The Morgan fingerprint density at radius 3 is 2.48 bits per heavy atom. The smallest absolute Gasteiger partial charge is 0.316 e. The Kier molecular flexibility index (Phi) is 4.29. The zero-order chi connectivity index (χ0) is 15.6. The van der Waals surface area contributed by atoms with Gasteiger partial charge in [0, 0.05) is 5.02 Å². The van der Waals surface area contributed by atoms with E-state index in [1.165, 1.54) is 18.2 Å². The molecule has 10 heteroatoms. The molecule has 1 aromatic carbocycles. The third kappa shape index (κ3) is 3.61. The Bertz CT molecular complexity index is 649. The Morgan fingerprint density at radius 1 is 1.19 bits per heavy atom. The van der Waals surface area contributed by atoms with Gasteiger partial charge < -0.3 is 5.32 Å². The number of urea groups is 1. The third-order valence-corrected chi connectivity index (χ3v) is 2.96. The van der Waals surface area contributed by atoms with Gasteiger partial charge in [-0.25, -0.2) is 9.80 Å². The number of carbonyl (C=O) groups excluding carboxylic acids is 4. The van der Waals surface area contributed by atoms with Crippen molar-refractivity contribution < 1.29 is 19.2 Å². The number of amides is 5. The van der Waals surface area contributed by atoms with Crippen molar-refractivity contribution in [2.24, 2.45) is 0 Å². The van der Waals surface area contributed by atoms with E-state index < -0.39 is 23.8 Å². The fourth-order valence-corrected chi connectivity index (χ4v) is 1.93. The summed E-state index contributed by atoms with van der Waals surface area (Å²) in [4.78, 5) is 45.4. The minimum Gasteiger partial charge on any atom is -0.316 e. The van der Waals surface area contributed by atoms with Gasteiger partial charge >= 0.3 is 17.8 Å². The molecule has 0 aromatic heterocycles. The van der Waals surface area contributed by atoms with Crippen molar-refractivity contribution in [2.75, 3.05) is 11.9 Å². The van der Waals surface area contributed by atoms with Gasteiger partial charge in [0.2, 0.25) is 5.91 Å². The molecule has 0 spiro atoms. The lowest BCUT2D eigenvalue weighted by Crippen LogP contribution is -2.48. The molecule has 1 saturated heterocycles. The highest BCUT2D eigenvalue weighted by atomic mass is 35.5. The Morgan fingerprint density at radius 2 is 1.90 bits per heavy atom. The lowest BCUT2D eigenvalue weighted by atomic mass is 10.3. The summed E-state index contributed by atoms with van der Waals surface area (Å²) in [7, 11) is 0. The van der Waals surface area contributed by atoms with Crippen LogP contribution in [0.1, 0.15) is 0 Å². The van der Waals surface area contributed by atoms with Crippen molar-refractivity contribution >= 4 is 52.6 Å². The highest BCUT2D eigenvalue weighted by Crippen LogP contribution is 2.25. The zero-order valence-corrected chi connectivity index (χ0v) is 11.8. The standard InChI is InChI=1S/C11H8Cl2N4O4/c12-5-1-2-7(6(13)3-5)14-9(19)10(20)16-17-4-8(18)15-11(17)21/h1-3H,4H2,(H,14,19)(H,16,20)(H,15,18,21). The summed E-state index contributed by atoms with van der Waals surface area (Å²) in [5.41, 5.74) is 2.17. The third-order valence-electron chi connectivity index (χ3n) is 2.42. The first-order chi connectivity index (χ1) is 9.86. The van der Waals surface area contributed by atoms with E-state index in [2.05, 4.69) is 5.32 Å². The number of halogens is 2. The quantitative estimate of drug-likeness (QED) is 0.542. The van der Waals surface area contributed by atoms with Crippen LogP contribution in [0.15, 0.2) is 18.2 Å². The van der Waals surface area contributed by atoms with Crippen LogP contribution in [0, 0.1) is 0 Å². The number of nitrogens with one attached hydrogen (secondary N) is 3. The number of hydrazine groups is 1. The second-order valence-corrected chi connectivity index (χ2v) is 4.80. The molecular weight excluding hydrogens is 323 g/mol. The van der Waals surface area contributed by atoms with Gasteiger partial charge in [0.05, 0.1) is 10.7 Å². The predicted octanol–water partition coefficient (Wildman–Crippen LogP) is 0.515. The molecule has 0 atom stereocenters. The van der Waals surface area contributed by atoms with Crippen LogP contribution in [0.25, 0.3) is 0 Å². The van der Waals surface area contributed by atoms with Gasteiger partial charge in [0.1, 0.15) is 6.54 Å². The van der Waals surface area contributed by atoms with E-state index in [0.29, 0.717) is 10.0 Å². The van der Waals surface area contributed by atoms with E-state index in [1.807, 2.05) is 10.7 Å². The summed E-state index contributed by atoms with van der Waals surface area (Å²) < 4.78 is 0. The van der Waals surface area contributed by atoms with Gasteiger partial charge in [0.15, 0.2) is 0 Å². The molecule has 5 amide bonds. The topological polar surface area (TPSA) is 108 Å². The Hall–Kier alpha value is -2.32. The van der Waals surface area contributed by atoms with Gasteiger partial charge in [0.25, 0.3) is 0 Å². The van der Waals surface area contributed by atoms with Crippen LogP contribution in [-0.2, 0) is 14.4 Å². The lowest BCUT2D eigenvalue weighted by molar-refractivity contribution is -0.138. The molecule has 1 aliphatic heterocycles. The fraction of sp³-hybridized carbons (Fsp3) is 0.0909. The molecule has 1 aliphatic rings. The highest BCUT2D eigenvalue weighted by Gasteiger charge is 2.29. The van der Waals surface area contributed by atoms with Crippen molar-refractivity contribution in [3.63, 3.8) is 0 Å². The van der Waals surface area contributed by atoms with Crippen LogP contribution < -0.4 is 16.1 Å². The van der Waals surface area contributed by atoms with Crippen LogP contribution in [0.2, 0.25) is 10.0 Å². The van der Waals surface area contributed by atoms with Crippen molar-refractivity contribution in [1.82, 2.24) is 15.8 Å². The Balaban J connectivity index is 1.98. The highest BCUT2D eigenvalue weighted by molar-refractivity contribution is 6.42. The minimum atomic E-state index is -1.12. The normalized spacial score (nSPS) is 13.9. The van der Waals surface area contributed by atoms with Crippen molar-refractivity contribution in [1.29, 1.82) is 0 Å². The van der Waals surface area contributed by atoms with Crippen molar-refractivity contribution in [2.45, 2.75) is 0 Å². The van der Waals surface area contributed by atoms with E-state index in [9.17, 15) is 19.2 Å². The molecule has 1 aromatic rings. The first-order valence-corrected chi connectivity index (χ1v) is 6.31. The molecule has 1 fully saturated rings. The minimum absolute atomic E-state index is 0.151. The molecule has 0 unspecified atom stereocenters. The number of carbonyl (C=O) groups is 4. The Labute approximate surface area is 128 Å². The van der Waals surface area contributed by atoms with Crippen LogP contribution in [0.4, 0.5) is 10.5 Å². The fourth-order valence-electron chi connectivity index (χ4n) is 1.48. The summed E-state index contributed by atoms with van der Waals surface area (Å²) in [6.45, 7) is -0.362. The molecule has 3 N–H and O–H groups in total. The van der Waals surface area contributed by atoms with Crippen molar-refractivity contribution in [3.05, 3.63) is 28.2 Å². The maximum absolute atomic E-state index is 11.7. The number of hydrogen-bond donors (Lipinski definition) is 3. The molecule has 8 nitrogen and oxygen atoms in total. The summed E-state index contributed by atoms with van der Waals surface area (Å²) >= 11 is 11.5. The second-order valence-electron chi connectivity index (χ2n) is 3.96. The summed E-state index contributed by atoms with van der Waals surface area (Å²) in [6.07, 6.45) is 0. The summed E-state index contributed by atoms with van der Waals surface area (Å²) in [5, 5.41) is 5.40. The van der Waals surface area contributed by atoms with Gasteiger partial charge in [-0.3, -0.25) is 25.1 Å². The molecule has 0 radical (unpaired) electrons. The molecule has 1 heterocycles. The molecule has 0 aliphatic carbocycles. The molecule has 21 heavy (non-hydrogen) atoms. The largest absolute Gasteiger partial charge is 0.343 e. The first-order valence-electron chi connectivity index (χ1n) is 5.55. The van der Waals surface area contributed by atoms with Crippen LogP contribution in [0.5, 0.6) is 0 Å². The monoisotopic (exact) mass is 330 g/mol. The number of nitrogens with zero attached hydrogens (tertiary/aromatic N) is 1. The predicted molar refractivity (Wildman–Crippen MR) is 73.5 cm³/mol. The number of rotatable bonds is 2. The number of anilines is 1. The van der Waals surface area contributed by atoms with Gasteiger partial charge in [-0.05, 0) is 18.2 Å². The molecule has 2 rings (SSSR count). The van der Waals surface area contributed by atoms with E-state index in [4.69, 9.17) is 23.2 Å². The van der Waals surface area contributed by atoms with Crippen molar-refractivity contribution in [3.8, 4) is 0 Å². The van der Waals surface area contributed by atoms with Gasteiger partial charge in [-0.1, -0.05) is 23.2 Å². The van der Waals surface area contributed by atoms with E-state index in [-0.39, 0.29) is 17.3 Å². The summed E-state index contributed by atoms with van der Waals surface area (Å²) in [5.74, 6) is -2.75. The van der Waals surface area contributed by atoms with Crippen LogP contribution >= 0.6 is 23.2 Å². The van der Waals surface area contributed by atoms with E-state index in [1.54, 1.807) is 0 Å². The van der Waals surface area contributed by atoms with E-state index in [0.717, 1.165) is 0 Å². The van der Waals surface area contributed by atoms with Gasteiger partial charge in [-0.15, -0.1) is 0 Å². The molecule has 0 saturated carbocycles. The number of hydrogen-bond acceptors (Lipinski definition) is 4. The van der Waals surface area contributed by atoms with Crippen LogP contribution in [-0.4, -0.2) is 35.3 Å². The van der Waals surface area contributed by atoms with E-state index >= 15 is 0 Å². The SMILES string of the molecule is O=C1CN(NC(=O)C(=O)Nc2ccc(Cl)cc2Cl)C(=O)N1. The zero-order valence-electron chi connectivity index (χ0n) is 10.3. The number of benzene rings is 1. The molecule has 0 bridgehead atoms. The first kappa shape index (κ1) is 15.1. The summed E-state index contributed by atoms with van der Waals surface area (Å²) in [6, 6.07) is 3.48. The number of imide groups is 1. The lowest BCUT2D eigenvalue weighted by Gasteiger charge is -2.14. The maximum atomic E-state index is 11.7. The van der Waals surface area contributed by atoms with Gasteiger partial charge in [-0.2, -0.15) is 0 Å². The van der Waals surface area contributed by atoms with Crippen LogP contribution in [0.3, 0.4) is 0 Å². The average molecular weight is 331 g/mol. The average Bonchev–Trinajstić information content (AvgIpc) is 2.71.